The maximum atomic E-state index is 10.9. The summed E-state index contributed by atoms with van der Waals surface area (Å²) in [6.45, 7) is 0. The fourth-order valence-electron chi connectivity index (χ4n) is 1.74. The number of aromatic nitrogens is 2. The Labute approximate surface area is 84.2 Å². The first kappa shape index (κ1) is 10.1. The van der Waals surface area contributed by atoms with E-state index >= 15 is 0 Å². The van der Waals surface area contributed by atoms with E-state index in [0.29, 0.717) is 0 Å². The Hall–Kier alpha value is -1.44. The molecule has 1 aliphatic heterocycles. The molecule has 0 unspecified atom stereocenters. The molecule has 15 heavy (non-hydrogen) atoms. The number of hydrogen-bond acceptors (Lipinski definition) is 5. The zero-order chi connectivity index (χ0) is 11.2. The van der Waals surface area contributed by atoms with Crippen molar-refractivity contribution in [2.75, 3.05) is 0 Å². The van der Waals surface area contributed by atoms with Gasteiger partial charge in [-0.05, 0) is 0 Å². The second kappa shape index (κ2) is 3.30. The summed E-state index contributed by atoms with van der Waals surface area (Å²) in [5.74, 6) is -1.24. The predicted molar refractivity (Wildman–Crippen MR) is 45.9 cm³/mol. The van der Waals surface area contributed by atoms with Crippen LogP contribution in [-0.4, -0.2) is 48.2 Å². The number of rotatable bonds is 1. The molecule has 4 N–H and O–H groups in total. The van der Waals surface area contributed by atoms with Crippen molar-refractivity contribution in [3.8, 4) is 0 Å². The van der Waals surface area contributed by atoms with Gasteiger partial charge in [-0.15, -0.1) is 0 Å². The van der Waals surface area contributed by atoms with Crippen molar-refractivity contribution in [1.82, 2.24) is 9.55 Å². The third kappa shape index (κ3) is 1.32. The Balaban J connectivity index is 2.51. The van der Waals surface area contributed by atoms with Gasteiger partial charge in [-0.1, -0.05) is 0 Å². The van der Waals surface area contributed by atoms with Crippen molar-refractivity contribution in [3.05, 3.63) is 18.2 Å². The summed E-state index contributed by atoms with van der Waals surface area (Å²) in [7, 11) is 0. The third-order valence-corrected chi connectivity index (χ3v) is 2.51. The molecule has 0 spiro atoms. The number of aliphatic carboxylic acids is 1. The van der Waals surface area contributed by atoms with Gasteiger partial charge in [0.05, 0.1) is 0 Å². The van der Waals surface area contributed by atoms with E-state index in [1.807, 2.05) is 0 Å². The highest BCUT2D eigenvalue weighted by molar-refractivity contribution is 5.73. The summed E-state index contributed by atoms with van der Waals surface area (Å²) >= 11 is 0. The Morgan fingerprint density at radius 1 is 1.33 bits per heavy atom. The van der Waals surface area contributed by atoms with Crippen LogP contribution in [0, 0.1) is 0 Å². The largest absolute Gasteiger partial charge is 0.480 e. The second-order valence-corrected chi connectivity index (χ2v) is 3.40. The number of carboxylic acids is 1. The summed E-state index contributed by atoms with van der Waals surface area (Å²) in [6.07, 6.45) is -1.82. The maximum Gasteiger partial charge on any atom is 0.329 e. The summed E-state index contributed by atoms with van der Waals surface area (Å²) in [4.78, 5) is 14.6. The molecular weight excluding hydrogens is 204 g/mol. The second-order valence-electron chi connectivity index (χ2n) is 3.40. The monoisotopic (exact) mass is 214 g/mol. The van der Waals surface area contributed by atoms with Crippen LogP contribution in [0.4, 0.5) is 0 Å². The number of aliphatic hydroxyl groups is 3. The standard InChI is InChI=1S/C8H10N2O5/c11-4-3(8(14)15)10-2-1-9-7(10)6(13)5(4)12/h1-6,11-13H,(H,14,15)/t3-,4+,5-,6+/m0/s1. The summed E-state index contributed by atoms with van der Waals surface area (Å²) < 4.78 is 1.14. The van der Waals surface area contributed by atoms with E-state index in [4.69, 9.17) is 5.11 Å². The smallest absolute Gasteiger partial charge is 0.329 e. The van der Waals surface area contributed by atoms with Gasteiger partial charge >= 0.3 is 5.97 Å². The molecule has 0 fully saturated rings. The zero-order valence-corrected chi connectivity index (χ0v) is 7.56. The zero-order valence-electron chi connectivity index (χ0n) is 7.56. The molecule has 7 nitrogen and oxygen atoms in total. The number of carboxylic acid groups (broad SMARTS) is 1. The SMILES string of the molecule is O=C(O)[C@@H]1[C@@H](O)[C@H](O)[C@@H](O)c2nccn21. The van der Waals surface area contributed by atoms with Gasteiger partial charge in [0.1, 0.15) is 24.1 Å². The van der Waals surface area contributed by atoms with Crippen LogP contribution in [0.25, 0.3) is 0 Å². The summed E-state index contributed by atoms with van der Waals surface area (Å²) in [5, 5.41) is 37.3. The van der Waals surface area contributed by atoms with Crippen LogP contribution in [0.2, 0.25) is 0 Å². The van der Waals surface area contributed by atoms with Crippen LogP contribution in [0.3, 0.4) is 0 Å². The van der Waals surface area contributed by atoms with Crippen molar-refractivity contribution < 1.29 is 25.2 Å². The van der Waals surface area contributed by atoms with Crippen LogP contribution in [0.5, 0.6) is 0 Å². The molecule has 0 aromatic carbocycles. The molecule has 4 atom stereocenters. The van der Waals surface area contributed by atoms with E-state index in [9.17, 15) is 20.1 Å². The molecule has 0 aliphatic carbocycles. The van der Waals surface area contributed by atoms with Crippen molar-refractivity contribution in [2.24, 2.45) is 0 Å². The first-order valence-corrected chi connectivity index (χ1v) is 4.33. The molecule has 0 amide bonds. The van der Waals surface area contributed by atoms with Crippen LogP contribution in [0.1, 0.15) is 18.0 Å². The molecule has 1 aromatic heterocycles. The van der Waals surface area contributed by atoms with Crippen molar-refractivity contribution in [3.63, 3.8) is 0 Å². The van der Waals surface area contributed by atoms with Gasteiger partial charge in [0, 0.05) is 12.4 Å². The maximum absolute atomic E-state index is 10.9. The molecule has 1 aliphatic rings. The molecule has 7 heteroatoms. The average molecular weight is 214 g/mol. The minimum atomic E-state index is -1.56. The average Bonchev–Trinajstić information content (AvgIpc) is 2.62. The van der Waals surface area contributed by atoms with E-state index in [1.165, 1.54) is 12.4 Å². The molecule has 1 aromatic rings. The number of aliphatic hydroxyl groups excluding tert-OH is 3. The number of nitrogens with zero attached hydrogens (tertiary/aromatic N) is 2. The molecule has 0 saturated heterocycles. The highest BCUT2D eigenvalue weighted by Gasteiger charge is 2.44. The molecule has 2 rings (SSSR count). The fourth-order valence-corrected chi connectivity index (χ4v) is 1.74. The van der Waals surface area contributed by atoms with Crippen LogP contribution >= 0.6 is 0 Å². The lowest BCUT2D eigenvalue weighted by Gasteiger charge is -2.33. The Morgan fingerprint density at radius 2 is 2.00 bits per heavy atom. The normalized spacial score (nSPS) is 34.9. The van der Waals surface area contributed by atoms with E-state index in [-0.39, 0.29) is 5.82 Å². The van der Waals surface area contributed by atoms with Crippen LogP contribution in [0.15, 0.2) is 12.4 Å². The quantitative estimate of drug-likeness (QED) is 0.442. The van der Waals surface area contributed by atoms with Gasteiger partial charge < -0.3 is 25.0 Å². The van der Waals surface area contributed by atoms with Crippen molar-refractivity contribution in [1.29, 1.82) is 0 Å². The van der Waals surface area contributed by atoms with Gasteiger partial charge in [0.15, 0.2) is 6.04 Å². The van der Waals surface area contributed by atoms with E-state index in [0.717, 1.165) is 4.57 Å². The Kier molecular flexibility index (Phi) is 2.22. The minimum Gasteiger partial charge on any atom is -0.480 e. The predicted octanol–water partition coefficient (Wildman–Crippen LogP) is -1.72. The highest BCUT2D eigenvalue weighted by atomic mass is 16.4. The number of carbonyl (C=O) groups is 1. The lowest BCUT2D eigenvalue weighted by Crippen LogP contribution is -2.47. The summed E-state index contributed by atoms with van der Waals surface area (Å²) in [5.41, 5.74) is 0. The fraction of sp³-hybridized carbons (Fsp3) is 0.500. The molecule has 82 valence electrons. The number of imidazole rings is 1. The highest BCUT2D eigenvalue weighted by Crippen LogP contribution is 2.31. The lowest BCUT2D eigenvalue weighted by atomic mass is 9.96. The van der Waals surface area contributed by atoms with Gasteiger partial charge in [-0.2, -0.15) is 0 Å². The van der Waals surface area contributed by atoms with E-state index in [1.54, 1.807) is 0 Å². The number of hydrogen-bond donors (Lipinski definition) is 4. The molecule has 2 heterocycles. The molecular formula is C8H10N2O5. The first-order valence-electron chi connectivity index (χ1n) is 4.33. The lowest BCUT2D eigenvalue weighted by molar-refractivity contribution is -0.156. The summed E-state index contributed by atoms with van der Waals surface area (Å²) in [6, 6.07) is -1.32. The van der Waals surface area contributed by atoms with Crippen molar-refractivity contribution in [2.45, 2.75) is 24.4 Å². The topological polar surface area (TPSA) is 116 Å². The Bertz CT molecular complexity index is 390. The van der Waals surface area contributed by atoms with Crippen molar-refractivity contribution >= 4 is 5.97 Å². The molecule has 0 radical (unpaired) electrons. The van der Waals surface area contributed by atoms with E-state index in [2.05, 4.69) is 4.98 Å². The van der Waals surface area contributed by atoms with Gasteiger partial charge in [-0.25, -0.2) is 9.78 Å². The molecule has 0 saturated carbocycles. The van der Waals surface area contributed by atoms with Crippen LogP contribution in [-0.2, 0) is 4.79 Å². The van der Waals surface area contributed by atoms with Gasteiger partial charge in [-0.3, -0.25) is 0 Å². The first-order chi connectivity index (χ1) is 7.04. The van der Waals surface area contributed by atoms with E-state index < -0.39 is 30.3 Å². The molecule has 0 bridgehead atoms. The third-order valence-electron chi connectivity index (χ3n) is 2.51. The minimum absolute atomic E-state index is 0.0419. The van der Waals surface area contributed by atoms with Crippen LogP contribution < -0.4 is 0 Å². The van der Waals surface area contributed by atoms with Gasteiger partial charge in [0.2, 0.25) is 0 Å². The van der Waals surface area contributed by atoms with Gasteiger partial charge in [0.25, 0.3) is 0 Å². The number of fused-ring (bicyclic) bond motifs is 1. The Morgan fingerprint density at radius 3 is 2.60 bits per heavy atom.